The minimum absolute atomic E-state index is 0.684. The van der Waals surface area contributed by atoms with Crippen molar-refractivity contribution in [1.29, 1.82) is 0 Å². The SMILES string of the molecule is c1ccc2cc(-c3nc(-c4ccc5sc6ccccc6c5c4)nc(-c4cc5ccccc5s4)n3)ccc2c1. The molecule has 0 aliphatic rings. The monoisotopic (exact) mass is 521 g/mol. The molecule has 0 spiro atoms. The number of fused-ring (bicyclic) bond motifs is 5. The fraction of sp³-hybridized carbons (Fsp3) is 0. The fourth-order valence-electron chi connectivity index (χ4n) is 5.03. The number of hydrogen-bond acceptors (Lipinski definition) is 5. The summed E-state index contributed by atoms with van der Waals surface area (Å²) in [5.74, 6) is 2.07. The van der Waals surface area contributed by atoms with Crippen molar-refractivity contribution in [3.63, 3.8) is 0 Å². The molecule has 0 bridgehead atoms. The van der Waals surface area contributed by atoms with Gasteiger partial charge in [0.15, 0.2) is 17.5 Å². The average molecular weight is 522 g/mol. The lowest BCUT2D eigenvalue weighted by Gasteiger charge is -2.08. The quantitative estimate of drug-likeness (QED) is 0.232. The summed E-state index contributed by atoms with van der Waals surface area (Å²) in [5, 5.41) is 6.07. The van der Waals surface area contributed by atoms with Gasteiger partial charge >= 0.3 is 0 Å². The Morgan fingerprint density at radius 3 is 1.87 bits per heavy atom. The summed E-state index contributed by atoms with van der Waals surface area (Å²) in [7, 11) is 0. The second-order valence-corrected chi connectivity index (χ2v) is 11.5. The smallest absolute Gasteiger partial charge is 0.174 e. The van der Waals surface area contributed by atoms with E-state index in [9.17, 15) is 0 Å². The van der Waals surface area contributed by atoms with Crippen molar-refractivity contribution >= 4 is 63.7 Å². The van der Waals surface area contributed by atoms with E-state index in [1.54, 1.807) is 11.3 Å². The fourth-order valence-corrected chi connectivity index (χ4v) is 7.11. The van der Waals surface area contributed by atoms with Crippen molar-refractivity contribution in [3.05, 3.63) is 115 Å². The van der Waals surface area contributed by atoms with E-state index in [2.05, 4.69) is 115 Å². The molecule has 0 amide bonds. The Bertz CT molecular complexity index is 2120. The highest BCUT2D eigenvalue weighted by molar-refractivity contribution is 7.25. The molecular formula is C33H19N3S2. The molecule has 0 N–H and O–H groups in total. The predicted octanol–water partition coefficient (Wildman–Crippen LogP) is 9.61. The van der Waals surface area contributed by atoms with Crippen LogP contribution in [0.2, 0.25) is 0 Å². The first kappa shape index (κ1) is 21.6. The lowest BCUT2D eigenvalue weighted by molar-refractivity contribution is 1.08. The molecule has 0 aliphatic heterocycles. The molecule has 38 heavy (non-hydrogen) atoms. The first-order valence-electron chi connectivity index (χ1n) is 12.4. The van der Waals surface area contributed by atoms with Crippen molar-refractivity contribution in [1.82, 2.24) is 15.0 Å². The van der Waals surface area contributed by atoms with Gasteiger partial charge in [-0.25, -0.2) is 15.0 Å². The second kappa shape index (κ2) is 8.55. The van der Waals surface area contributed by atoms with Crippen molar-refractivity contribution in [2.75, 3.05) is 0 Å². The zero-order valence-corrected chi connectivity index (χ0v) is 21.8. The van der Waals surface area contributed by atoms with Gasteiger partial charge in [-0.15, -0.1) is 22.7 Å². The minimum Gasteiger partial charge on any atom is -0.208 e. The maximum absolute atomic E-state index is 5.02. The van der Waals surface area contributed by atoms with Gasteiger partial charge in [0.05, 0.1) is 4.88 Å². The van der Waals surface area contributed by atoms with Crippen molar-refractivity contribution in [2.45, 2.75) is 0 Å². The standard InChI is InChI=1S/C33H19N3S2/c1-2-8-21-17-23(14-13-20(21)7-1)31-34-32(36-33(35-31)30-19-22-9-3-5-11-27(22)37-30)24-15-16-29-26(18-24)25-10-4-6-12-28(25)38-29/h1-19H. The zero-order chi connectivity index (χ0) is 25.1. The lowest BCUT2D eigenvalue weighted by Crippen LogP contribution is -1.99. The predicted molar refractivity (Wildman–Crippen MR) is 162 cm³/mol. The summed E-state index contributed by atoms with van der Waals surface area (Å²) in [6.45, 7) is 0. The normalized spacial score (nSPS) is 11.7. The third-order valence-corrected chi connectivity index (χ3v) is 9.19. The second-order valence-electron chi connectivity index (χ2n) is 9.33. The molecule has 178 valence electrons. The van der Waals surface area contributed by atoms with Gasteiger partial charge in [-0.2, -0.15) is 0 Å². The molecule has 3 heterocycles. The maximum Gasteiger partial charge on any atom is 0.174 e. The molecule has 0 unspecified atom stereocenters. The molecule has 0 radical (unpaired) electrons. The van der Waals surface area contributed by atoms with Crippen molar-refractivity contribution in [2.24, 2.45) is 0 Å². The molecule has 3 aromatic heterocycles. The summed E-state index contributed by atoms with van der Waals surface area (Å²) in [6.07, 6.45) is 0. The first-order valence-corrected chi connectivity index (χ1v) is 14.1. The Kier molecular flexibility index (Phi) is 4.87. The Morgan fingerprint density at radius 2 is 1.03 bits per heavy atom. The largest absolute Gasteiger partial charge is 0.208 e. The Hall–Kier alpha value is -4.45. The van der Waals surface area contributed by atoms with Gasteiger partial charge in [0.2, 0.25) is 0 Å². The van der Waals surface area contributed by atoms with Crippen LogP contribution in [0, 0.1) is 0 Å². The van der Waals surface area contributed by atoms with Crippen LogP contribution in [0.15, 0.2) is 115 Å². The topological polar surface area (TPSA) is 38.7 Å². The molecule has 8 rings (SSSR count). The molecule has 3 nitrogen and oxygen atoms in total. The number of nitrogens with zero attached hydrogens (tertiary/aromatic N) is 3. The third kappa shape index (κ3) is 3.59. The van der Waals surface area contributed by atoms with E-state index in [-0.39, 0.29) is 0 Å². The van der Waals surface area contributed by atoms with Crippen LogP contribution >= 0.6 is 22.7 Å². The number of benzene rings is 5. The highest BCUT2D eigenvalue weighted by Crippen LogP contribution is 2.37. The molecule has 0 saturated heterocycles. The molecule has 0 saturated carbocycles. The van der Waals surface area contributed by atoms with Crippen molar-refractivity contribution < 1.29 is 0 Å². The number of hydrogen-bond donors (Lipinski definition) is 0. The Morgan fingerprint density at radius 1 is 0.395 bits per heavy atom. The maximum atomic E-state index is 5.02. The van der Waals surface area contributed by atoms with E-state index in [1.807, 2.05) is 11.3 Å². The average Bonchev–Trinajstić information content (AvgIpc) is 3.58. The lowest BCUT2D eigenvalue weighted by atomic mass is 10.1. The highest BCUT2D eigenvalue weighted by atomic mass is 32.1. The van der Waals surface area contributed by atoms with E-state index in [0.717, 1.165) is 16.0 Å². The summed E-state index contributed by atoms with van der Waals surface area (Å²) < 4.78 is 3.78. The van der Waals surface area contributed by atoms with Gasteiger partial charge in [-0.1, -0.05) is 72.8 Å². The number of aromatic nitrogens is 3. The van der Waals surface area contributed by atoms with Gasteiger partial charge < -0.3 is 0 Å². The summed E-state index contributed by atoms with van der Waals surface area (Å²) >= 11 is 3.53. The van der Waals surface area contributed by atoms with Crippen LogP contribution < -0.4 is 0 Å². The molecule has 8 aromatic rings. The molecule has 0 fully saturated rings. The van der Waals surface area contributed by atoms with Gasteiger partial charge in [-0.3, -0.25) is 0 Å². The molecule has 0 aliphatic carbocycles. The van der Waals surface area contributed by atoms with E-state index < -0.39 is 0 Å². The summed E-state index contributed by atoms with van der Waals surface area (Å²) in [6, 6.07) is 40.5. The minimum atomic E-state index is 0.684. The van der Waals surface area contributed by atoms with Crippen LogP contribution in [0.5, 0.6) is 0 Å². The van der Waals surface area contributed by atoms with Gasteiger partial charge in [0, 0.05) is 36.0 Å². The number of thiophene rings is 2. The van der Waals surface area contributed by atoms with Crippen LogP contribution in [-0.2, 0) is 0 Å². The first-order chi connectivity index (χ1) is 18.8. The van der Waals surface area contributed by atoms with Crippen LogP contribution in [-0.4, -0.2) is 15.0 Å². The Balaban J connectivity index is 1.36. The van der Waals surface area contributed by atoms with E-state index >= 15 is 0 Å². The zero-order valence-electron chi connectivity index (χ0n) is 20.1. The van der Waals surface area contributed by atoms with Crippen LogP contribution in [0.1, 0.15) is 0 Å². The van der Waals surface area contributed by atoms with Crippen LogP contribution in [0.3, 0.4) is 0 Å². The molecule has 5 aromatic carbocycles. The van der Waals surface area contributed by atoms with E-state index in [0.29, 0.717) is 17.5 Å². The van der Waals surface area contributed by atoms with Gasteiger partial charge in [0.1, 0.15) is 0 Å². The number of rotatable bonds is 3. The molecular weight excluding hydrogens is 503 g/mol. The van der Waals surface area contributed by atoms with Crippen LogP contribution in [0.25, 0.3) is 74.5 Å². The van der Waals surface area contributed by atoms with Crippen molar-refractivity contribution in [3.8, 4) is 33.5 Å². The van der Waals surface area contributed by atoms with Gasteiger partial charge in [-0.05, 0) is 58.6 Å². The molecule has 0 atom stereocenters. The van der Waals surface area contributed by atoms with Crippen LogP contribution in [0.4, 0.5) is 0 Å². The Labute approximate surface area is 226 Å². The molecule has 5 heteroatoms. The van der Waals surface area contributed by atoms with E-state index in [1.165, 1.54) is 41.0 Å². The highest BCUT2D eigenvalue weighted by Gasteiger charge is 2.16. The van der Waals surface area contributed by atoms with Gasteiger partial charge in [0.25, 0.3) is 0 Å². The summed E-state index contributed by atoms with van der Waals surface area (Å²) in [4.78, 5) is 16.1. The summed E-state index contributed by atoms with van der Waals surface area (Å²) in [5.41, 5.74) is 1.98. The third-order valence-electron chi connectivity index (χ3n) is 6.92. The van der Waals surface area contributed by atoms with E-state index in [4.69, 9.17) is 15.0 Å².